The van der Waals surface area contributed by atoms with E-state index in [9.17, 15) is 9.59 Å². The van der Waals surface area contributed by atoms with Crippen molar-refractivity contribution in [1.82, 2.24) is 10.3 Å². The molecule has 24 heavy (non-hydrogen) atoms. The van der Waals surface area contributed by atoms with E-state index in [4.69, 9.17) is 11.6 Å². The second-order valence-corrected chi connectivity index (χ2v) is 5.71. The second kappa shape index (κ2) is 9.03. The van der Waals surface area contributed by atoms with Crippen LogP contribution in [0.1, 0.15) is 47.2 Å². The zero-order valence-electron chi connectivity index (χ0n) is 13.5. The highest BCUT2D eigenvalue weighted by molar-refractivity contribution is 6.33. The zero-order chi connectivity index (χ0) is 17.4. The predicted molar refractivity (Wildman–Crippen MR) is 95.5 cm³/mol. The zero-order valence-corrected chi connectivity index (χ0v) is 14.3. The lowest BCUT2D eigenvalue weighted by Gasteiger charge is -2.08. The first-order valence-corrected chi connectivity index (χ1v) is 8.30. The number of unbranched alkanes of at least 4 members (excludes halogenated alkanes) is 2. The fourth-order valence-corrected chi connectivity index (χ4v) is 2.29. The highest BCUT2D eigenvalue weighted by Crippen LogP contribution is 2.20. The van der Waals surface area contributed by atoms with Gasteiger partial charge in [-0.05, 0) is 30.7 Å². The molecule has 0 saturated heterocycles. The molecule has 6 heteroatoms. The molecule has 126 valence electrons. The Morgan fingerprint density at radius 1 is 1.00 bits per heavy atom. The standard InChI is InChI=1S/C18H20ClN3O2/c1-2-3-6-12-20-17(23)15-10-7-11-16(21-15)18(24)22-14-9-5-4-8-13(14)19/h4-5,7-11H,2-3,6,12H2,1H3,(H,20,23)(H,22,24). The van der Waals surface area contributed by atoms with Gasteiger partial charge < -0.3 is 10.6 Å². The monoisotopic (exact) mass is 345 g/mol. The Morgan fingerprint density at radius 2 is 1.71 bits per heavy atom. The summed E-state index contributed by atoms with van der Waals surface area (Å²) in [7, 11) is 0. The van der Waals surface area contributed by atoms with Crippen LogP contribution in [0.4, 0.5) is 5.69 Å². The summed E-state index contributed by atoms with van der Waals surface area (Å²) in [6.07, 6.45) is 3.08. The van der Waals surface area contributed by atoms with E-state index in [1.807, 2.05) is 0 Å². The molecule has 0 unspecified atom stereocenters. The van der Waals surface area contributed by atoms with Gasteiger partial charge in [0.15, 0.2) is 0 Å². The lowest BCUT2D eigenvalue weighted by Crippen LogP contribution is -2.26. The number of carbonyl (C=O) groups is 2. The highest BCUT2D eigenvalue weighted by Gasteiger charge is 2.13. The second-order valence-electron chi connectivity index (χ2n) is 5.31. The molecular weight excluding hydrogens is 326 g/mol. The SMILES string of the molecule is CCCCCNC(=O)c1cccc(C(=O)Nc2ccccc2Cl)n1. The molecule has 1 aromatic carbocycles. The van der Waals surface area contributed by atoms with Crippen LogP contribution in [0.2, 0.25) is 5.02 Å². The molecule has 2 N–H and O–H groups in total. The van der Waals surface area contributed by atoms with E-state index in [-0.39, 0.29) is 17.3 Å². The van der Waals surface area contributed by atoms with E-state index in [0.717, 1.165) is 19.3 Å². The first-order valence-electron chi connectivity index (χ1n) is 7.93. The predicted octanol–water partition coefficient (Wildman–Crippen LogP) is 3.91. The number of rotatable bonds is 7. The number of nitrogens with one attached hydrogen (secondary N) is 2. The molecule has 0 aliphatic rings. The van der Waals surface area contributed by atoms with Crippen LogP contribution in [0, 0.1) is 0 Å². The fourth-order valence-electron chi connectivity index (χ4n) is 2.10. The van der Waals surface area contributed by atoms with Gasteiger partial charge in [-0.3, -0.25) is 9.59 Å². The molecule has 0 atom stereocenters. The molecule has 0 aliphatic carbocycles. The van der Waals surface area contributed by atoms with Gasteiger partial charge in [0.25, 0.3) is 11.8 Å². The Labute approximate surface area is 146 Å². The third kappa shape index (κ3) is 5.06. The molecule has 0 spiro atoms. The maximum Gasteiger partial charge on any atom is 0.274 e. The summed E-state index contributed by atoms with van der Waals surface area (Å²) >= 11 is 6.02. The molecule has 5 nitrogen and oxygen atoms in total. The van der Waals surface area contributed by atoms with Gasteiger partial charge in [0, 0.05) is 6.54 Å². The fraction of sp³-hybridized carbons (Fsp3) is 0.278. The van der Waals surface area contributed by atoms with E-state index in [1.54, 1.807) is 42.5 Å². The lowest BCUT2D eigenvalue weighted by molar-refractivity contribution is 0.0948. The Bertz CT molecular complexity index is 719. The van der Waals surface area contributed by atoms with Crippen LogP contribution in [-0.2, 0) is 0 Å². The van der Waals surface area contributed by atoms with Crippen molar-refractivity contribution in [3.05, 3.63) is 58.9 Å². The third-order valence-corrected chi connectivity index (χ3v) is 3.73. The van der Waals surface area contributed by atoms with Gasteiger partial charge in [0.2, 0.25) is 0 Å². The van der Waals surface area contributed by atoms with Gasteiger partial charge in [-0.25, -0.2) is 4.98 Å². The van der Waals surface area contributed by atoms with Crippen molar-refractivity contribution in [2.24, 2.45) is 0 Å². The number of hydrogen-bond acceptors (Lipinski definition) is 3. The number of carbonyl (C=O) groups excluding carboxylic acids is 2. The Morgan fingerprint density at radius 3 is 2.42 bits per heavy atom. The van der Waals surface area contributed by atoms with Gasteiger partial charge in [-0.2, -0.15) is 0 Å². The van der Waals surface area contributed by atoms with E-state index in [0.29, 0.717) is 17.3 Å². The van der Waals surface area contributed by atoms with Crippen molar-refractivity contribution in [3.8, 4) is 0 Å². The van der Waals surface area contributed by atoms with Crippen LogP contribution in [0.5, 0.6) is 0 Å². The summed E-state index contributed by atoms with van der Waals surface area (Å²) in [4.78, 5) is 28.5. The maximum absolute atomic E-state index is 12.3. The minimum atomic E-state index is -0.413. The third-order valence-electron chi connectivity index (χ3n) is 3.40. The molecule has 0 aliphatic heterocycles. The molecule has 2 rings (SSSR count). The van der Waals surface area contributed by atoms with Crippen LogP contribution in [0.25, 0.3) is 0 Å². The van der Waals surface area contributed by atoms with Crippen molar-refractivity contribution >= 4 is 29.1 Å². The molecule has 2 aromatic rings. The van der Waals surface area contributed by atoms with Crippen LogP contribution >= 0.6 is 11.6 Å². The number of nitrogens with zero attached hydrogens (tertiary/aromatic N) is 1. The normalized spacial score (nSPS) is 10.2. The molecule has 0 fully saturated rings. The van der Waals surface area contributed by atoms with Crippen molar-refractivity contribution in [2.75, 3.05) is 11.9 Å². The largest absolute Gasteiger partial charge is 0.351 e. The number of amides is 2. The van der Waals surface area contributed by atoms with Crippen LogP contribution < -0.4 is 10.6 Å². The van der Waals surface area contributed by atoms with Crippen molar-refractivity contribution in [1.29, 1.82) is 0 Å². The minimum absolute atomic E-state index is 0.163. The number of hydrogen-bond donors (Lipinski definition) is 2. The molecule has 1 aromatic heterocycles. The molecule has 0 bridgehead atoms. The molecule has 1 heterocycles. The van der Waals surface area contributed by atoms with Gasteiger partial charge in [0.05, 0.1) is 10.7 Å². The van der Waals surface area contributed by atoms with Gasteiger partial charge in [-0.15, -0.1) is 0 Å². The molecular formula is C18H20ClN3O2. The molecule has 2 amide bonds. The topological polar surface area (TPSA) is 71.1 Å². The molecule has 0 radical (unpaired) electrons. The van der Waals surface area contributed by atoms with Crippen molar-refractivity contribution in [3.63, 3.8) is 0 Å². The van der Waals surface area contributed by atoms with E-state index >= 15 is 0 Å². The Balaban J connectivity index is 2.02. The Hall–Kier alpha value is -2.40. The number of para-hydroxylation sites is 1. The summed E-state index contributed by atoms with van der Waals surface area (Å²) in [5.74, 6) is -0.692. The average Bonchev–Trinajstić information content (AvgIpc) is 2.60. The van der Waals surface area contributed by atoms with Crippen LogP contribution in [0.3, 0.4) is 0 Å². The minimum Gasteiger partial charge on any atom is -0.351 e. The number of halogens is 1. The molecule has 0 saturated carbocycles. The van der Waals surface area contributed by atoms with Crippen molar-refractivity contribution in [2.45, 2.75) is 26.2 Å². The lowest BCUT2D eigenvalue weighted by atomic mass is 10.2. The van der Waals surface area contributed by atoms with Crippen molar-refractivity contribution < 1.29 is 9.59 Å². The van der Waals surface area contributed by atoms with E-state index in [1.165, 1.54) is 0 Å². The average molecular weight is 346 g/mol. The number of benzene rings is 1. The first-order chi connectivity index (χ1) is 11.6. The summed E-state index contributed by atoms with van der Waals surface area (Å²) in [6.45, 7) is 2.70. The highest BCUT2D eigenvalue weighted by atomic mass is 35.5. The van der Waals surface area contributed by atoms with Gasteiger partial charge >= 0.3 is 0 Å². The smallest absolute Gasteiger partial charge is 0.274 e. The van der Waals surface area contributed by atoms with Crippen LogP contribution in [-0.4, -0.2) is 23.3 Å². The van der Waals surface area contributed by atoms with Gasteiger partial charge in [0.1, 0.15) is 11.4 Å². The Kier molecular flexibility index (Phi) is 6.75. The summed E-state index contributed by atoms with van der Waals surface area (Å²) < 4.78 is 0. The summed E-state index contributed by atoms with van der Waals surface area (Å²) in [5.41, 5.74) is 0.884. The van der Waals surface area contributed by atoms with Crippen LogP contribution in [0.15, 0.2) is 42.5 Å². The van der Waals surface area contributed by atoms with E-state index in [2.05, 4.69) is 22.5 Å². The summed E-state index contributed by atoms with van der Waals surface area (Å²) in [6, 6.07) is 11.7. The number of aromatic nitrogens is 1. The first kappa shape index (κ1) is 17.9. The number of pyridine rings is 1. The number of anilines is 1. The van der Waals surface area contributed by atoms with E-state index < -0.39 is 5.91 Å². The summed E-state index contributed by atoms with van der Waals surface area (Å²) in [5, 5.41) is 5.93. The quantitative estimate of drug-likeness (QED) is 0.747. The van der Waals surface area contributed by atoms with Gasteiger partial charge in [-0.1, -0.05) is 49.6 Å². The maximum atomic E-state index is 12.3.